The Kier molecular flexibility index (Phi) is 7.33. The zero-order valence-electron chi connectivity index (χ0n) is 19.3. The van der Waals surface area contributed by atoms with Gasteiger partial charge in [-0.05, 0) is 46.6 Å². The number of ether oxygens (including phenoxy) is 1. The largest absolute Gasteiger partial charge is 0.444 e. The molecule has 0 spiro atoms. The van der Waals surface area contributed by atoms with Crippen molar-refractivity contribution in [2.75, 3.05) is 30.4 Å². The summed E-state index contributed by atoms with van der Waals surface area (Å²) in [5.74, 6) is 0.571. The summed E-state index contributed by atoms with van der Waals surface area (Å²) in [6.45, 7) is 8.85. The van der Waals surface area contributed by atoms with Crippen LogP contribution in [0.15, 0.2) is 18.5 Å². The molecule has 1 amide bonds. The van der Waals surface area contributed by atoms with E-state index in [4.69, 9.17) is 27.9 Å². The SMILES string of the molecule is CNc1nc(Cl)cc(C(=O)c2cnc(N3CCC(C)(NC(=O)OC(C)(C)C)CC3)cn2)c1Cl. The molecule has 1 saturated heterocycles. The quantitative estimate of drug-likeness (QED) is 0.466. The van der Waals surface area contributed by atoms with E-state index in [9.17, 15) is 9.59 Å². The Morgan fingerprint density at radius 2 is 1.82 bits per heavy atom. The van der Waals surface area contributed by atoms with Crippen LogP contribution >= 0.6 is 23.2 Å². The van der Waals surface area contributed by atoms with Crippen LogP contribution in [0.2, 0.25) is 10.2 Å². The zero-order chi connectivity index (χ0) is 24.4. The third kappa shape index (κ3) is 6.23. The summed E-state index contributed by atoms with van der Waals surface area (Å²) in [6.07, 6.45) is 4.00. The number of ketones is 1. The van der Waals surface area contributed by atoms with Gasteiger partial charge in [-0.2, -0.15) is 0 Å². The number of rotatable bonds is 5. The highest BCUT2D eigenvalue weighted by molar-refractivity contribution is 6.38. The number of carbonyl (C=O) groups excluding carboxylic acids is 2. The predicted molar refractivity (Wildman–Crippen MR) is 128 cm³/mol. The summed E-state index contributed by atoms with van der Waals surface area (Å²) < 4.78 is 5.38. The average molecular weight is 495 g/mol. The van der Waals surface area contributed by atoms with Crippen LogP contribution in [0.4, 0.5) is 16.4 Å². The van der Waals surface area contributed by atoms with Crippen molar-refractivity contribution in [3.8, 4) is 0 Å². The highest BCUT2D eigenvalue weighted by atomic mass is 35.5. The molecule has 2 aromatic rings. The van der Waals surface area contributed by atoms with E-state index in [1.807, 2.05) is 27.7 Å². The van der Waals surface area contributed by atoms with Crippen LogP contribution in [0.5, 0.6) is 0 Å². The van der Waals surface area contributed by atoms with Gasteiger partial charge in [-0.1, -0.05) is 23.2 Å². The van der Waals surface area contributed by atoms with Crippen molar-refractivity contribution < 1.29 is 14.3 Å². The van der Waals surface area contributed by atoms with E-state index in [1.54, 1.807) is 13.2 Å². The molecule has 3 rings (SSSR count). The first-order valence-corrected chi connectivity index (χ1v) is 11.3. The summed E-state index contributed by atoms with van der Waals surface area (Å²) in [5, 5.41) is 6.11. The Bertz CT molecular complexity index is 1030. The lowest BCUT2D eigenvalue weighted by molar-refractivity contribution is 0.0448. The third-order valence-electron chi connectivity index (χ3n) is 5.27. The minimum Gasteiger partial charge on any atom is -0.444 e. The van der Waals surface area contributed by atoms with E-state index in [0.717, 1.165) is 0 Å². The van der Waals surface area contributed by atoms with Gasteiger partial charge in [0.05, 0.1) is 17.4 Å². The van der Waals surface area contributed by atoms with Gasteiger partial charge in [-0.3, -0.25) is 4.79 Å². The number of amides is 1. The van der Waals surface area contributed by atoms with E-state index in [0.29, 0.717) is 37.6 Å². The molecule has 2 N–H and O–H groups in total. The smallest absolute Gasteiger partial charge is 0.408 e. The second kappa shape index (κ2) is 9.69. The molecule has 0 unspecified atom stereocenters. The van der Waals surface area contributed by atoms with Crippen molar-refractivity contribution in [1.82, 2.24) is 20.3 Å². The number of hydrogen-bond donors (Lipinski definition) is 2. The molecule has 11 heteroatoms. The number of aromatic nitrogens is 3. The molecule has 3 heterocycles. The molecule has 1 aliphatic rings. The van der Waals surface area contributed by atoms with Crippen LogP contribution in [0, 0.1) is 0 Å². The van der Waals surface area contributed by atoms with Crippen molar-refractivity contribution in [1.29, 1.82) is 0 Å². The fraction of sp³-hybridized carbons (Fsp3) is 0.500. The maximum Gasteiger partial charge on any atom is 0.408 e. The Morgan fingerprint density at radius 3 is 2.36 bits per heavy atom. The molecule has 33 heavy (non-hydrogen) atoms. The molecule has 1 fully saturated rings. The Balaban J connectivity index is 1.65. The number of nitrogens with zero attached hydrogens (tertiary/aromatic N) is 4. The van der Waals surface area contributed by atoms with Crippen LogP contribution in [0.25, 0.3) is 0 Å². The number of hydrogen-bond acceptors (Lipinski definition) is 8. The molecule has 0 atom stereocenters. The number of piperidine rings is 1. The predicted octanol–water partition coefficient (Wildman–Crippen LogP) is 4.33. The van der Waals surface area contributed by atoms with Gasteiger partial charge >= 0.3 is 6.09 Å². The summed E-state index contributed by atoms with van der Waals surface area (Å²) >= 11 is 12.3. The van der Waals surface area contributed by atoms with Crippen LogP contribution in [-0.4, -0.2) is 58.1 Å². The normalized spacial score (nSPS) is 15.7. The first kappa shape index (κ1) is 25.0. The lowest BCUT2D eigenvalue weighted by Crippen LogP contribution is -2.54. The number of anilines is 2. The molecular weight excluding hydrogens is 467 g/mol. The van der Waals surface area contributed by atoms with Gasteiger partial charge in [-0.25, -0.2) is 19.7 Å². The van der Waals surface area contributed by atoms with Crippen LogP contribution in [-0.2, 0) is 4.74 Å². The third-order valence-corrected chi connectivity index (χ3v) is 5.85. The van der Waals surface area contributed by atoms with E-state index in [1.165, 1.54) is 12.3 Å². The second-order valence-corrected chi connectivity index (χ2v) is 9.93. The zero-order valence-corrected chi connectivity index (χ0v) is 20.8. The van der Waals surface area contributed by atoms with E-state index >= 15 is 0 Å². The molecule has 0 aromatic carbocycles. The standard InChI is InChI=1S/C22H28Cl2N6O3/c1-21(2,3)33-20(32)29-22(4)6-8-30(9-7-22)16-12-26-14(11-27-16)18(31)13-10-15(23)28-19(25-5)17(13)24/h10-12H,6-9H2,1-5H3,(H,25,28)(H,29,32). The summed E-state index contributed by atoms with van der Waals surface area (Å²) in [7, 11) is 1.64. The highest BCUT2D eigenvalue weighted by Crippen LogP contribution is 2.29. The van der Waals surface area contributed by atoms with Crippen LogP contribution < -0.4 is 15.5 Å². The fourth-order valence-electron chi connectivity index (χ4n) is 3.47. The molecule has 0 aliphatic carbocycles. The summed E-state index contributed by atoms with van der Waals surface area (Å²) in [5.41, 5.74) is -0.565. The monoisotopic (exact) mass is 494 g/mol. The first-order chi connectivity index (χ1) is 15.4. The molecule has 178 valence electrons. The fourth-order valence-corrected chi connectivity index (χ4v) is 3.94. The average Bonchev–Trinajstić information content (AvgIpc) is 2.73. The van der Waals surface area contributed by atoms with Crippen molar-refractivity contribution in [2.45, 2.75) is 51.7 Å². The Hall–Kier alpha value is -2.65. The van der Waals surface area contributed by atoms with Crippen molar-refractivity contribution in [3.05, 3.63) is 39.9 Å². The number of halogens is 2. The second-order valence-electron chi connectivity index (χ2n) is 9.17. The first-order valence-electron chi connectivity index (χ1n) is 10.6. The Morgan fingerprint density at radius 1 is 1.15 bits per heavy atom. The molecule has 0 radical (unpaired) electrons. The van der Waals surface area contributed by atoms with Gasteiger partial charge in [0.2, 0.25) is 5.78 Å². The van der Waals surface area contributed by atoms with E-state index in [2.05, 4.69) is 30.5 Å². The van der Waals surface area contributed by atoms with Crippen molar-refractivity contribution in [3.63, 3.8) is 0 Å². The molecular formula is C22H28Cl2N6O3. The Labute approximate surface area is 203 Å². The minimum absolute atomic E-state index is 0.146. The number of alkyl carbamates (subject to hydrolysis) is 1. The molecule has 0 saturated carbocycles. The molecule has 2 aromatic heterocycles. The topological polar surface area (TPSA) is 109 Å². The van der Waals surface area contributed by atoms with E-state index in [-0.39, 0.29) is 27.0 Å². The lowest BCUT2D eigenvalue weighted by Gasteiger charge is -2.40. The maximum absolute atomic E-state index is 12.9. The van der Waals surface area contributed by atoms with Gasteiger partial charge < -0.3 is 20.3 Å². The molecule has 0 bridgehead atoms. The number of pyridine rings is 1. The number of nitrogens with one attached hydrogen (secondary N) is 2. The molecule has 9 nitrogen and oxygen atoms in total. The van der Waals surface area contributed by atoms with Crippen LogP contribution in [0.3, 0.4) is 0 Å². The van der Waals surface area contributed by atoms with E-state index < -0.39 is 17.5 Å². The lowest BCUT2D eigenvalue weighted by atomic mass is 9.90. The van der Waals surface area contributed by atoms with Gasteiger partial charge in [0.15, 0.2) is 0 Å². The van der Waals surface area contributed by atoms with Crippen molar-refractivity contribution in [2.24, 2.45) is 0 Å². The van der Waals surface area contributed by atoms with Gasteiger partial charge in [-0.15, -0.1) is 0 Å². The molecule has 1 aliphatic heterocycles. The van der Waals surface area contributed by atoms with Crippen LogP contribution in [0.1, 0.15) is 56.6 Å². The summed E-state index contributed by atoms with van der Waals surface area (Å²) in [4.78, 5) is 39.9. The van der Waals surface area contributed by atoms with Gasteiger partial charge in [0.25, 0.3) is 0 Å². The maximum atomic E-state index is 12.9. The summed E-state index contributed by atoms with van der Waals surface area (Å²) in [6, 6.07) is 1.41. The van der Waals surface area contributed by atoms with Gasteiger partial charge in [0, 0.05) is 31.2 Å². The van der Waals surface area contributed by atoms with Gasteiger partial charge in [0.1, 0.15) is 28.1 Å². The minimum atomic E-state index is -0.545. The number of carbonyl (C=O) groups is 2. The highest BCUT2D eigenvalue weighted by Gasteiger charge is 2.33. The van der Waals surface area contributed by atoms with Crippen molar-refractivity contribution >= 4 is 46.7 Å².